The van der Waals surface area contributed by atoms with Gasteiger partial charge in [0.2, 0.25) is 0 Å². The molecule has 0 unspecified atom stereocenters. The Kier molecular flexibility index (Phi) is 19.9. The number of hydrogen-bond acceptors (Lipinski definition) is 7. The fourth-order valence-corrected chi connectivity index (χ4v) is 16.8. The van der Waals surface area contributed by atoms with Gasteiger partial charge in [0, 0.05) is 97.5 Å². The van der Waals surface area contributed by atoms with Crippen molar-refractivity contribution in [3.63, 3.8) is 0 Å². The number of allylic oxidation sites excluding steroid dienone is 16. The molecule has 1 N–H and O–H groups in total. The number of aromatic hydroxyl groups is 1. The van der Waals surface area contributed by atoms with Gasteiger partial charge in [-0.15, -0.1) is 22.7 Å². The van der Waals surface area contributed by atoms with E-state index in [0.717, 1.165) is 84.2 Å². The molecule has 6 nitrogen and oxygen atoms in total. The van der Waals surface area contributed by atoms with Crippen LogP contribution < -0.4 is 19.5 Å². The molecule has 0 bridgehead atoms. The van der Waals surface area contributed by atoms with Crippen molar-refractivity contribution in [2.75, 3.05) is 0 Å². The van der Waals surface area contributed by atoms with Gasteiger partial charge in [0.15, 0.2) is 28.9 Å². The molecule has 0 fully saturated rings. The highest BCUT2D eigenvalue weighted by Crippen LogP contribution is 2.50. The lowest BCUT2D eigenvalue weighted by Gasteiger charge is -2.32. The van der Waals surface area contributed by atoms with Crippen LogP contribution in [-0.4, -0.2) is 28.2 Å². The minimum absolute atomic E-state index is 0.00348. The number of rotatable bonds is 2. The smallest absolute Gasteiger partial charge is 0.186 e. The van der Waals surface area contributed by atoms with Gasteiger partial charge >= 0.3 is 0 Å². The highest BCUT2D eigenvalue weighted by Gasteiger charge is 2.41. The van der Waals surface area contributed by atoms with Gasteiger partial charge in [-0.3, -0.25) is 24.3 Å². The van der Waals surface area contributed by atoms with E-state index in [1.807, 2.05) is 0 Å². The standard InChI is InChI=1S/C92H121O6S2/c1-81(2,3)55-37-49(38-56(71(55)93)82(4,5)6)67-69(51-41-59(85(13,14)15)73(95)60(42-51)86(16,17)18)79(99-77(67)53-45-63(89(25,26)27)75(97)64(46-53)90(28,29)30)80-70(52-43-61(87(19,20)21)74(96)62(44-52)88(22,23)24)68(50-39-57(83(7,8)9)72(94)58(40-50)84(10,11)12)78(100-80)54-47-65(91(31,32)33)76(98)66(48-54)92(34,35)36/h37-48,93H,1-36H3/b80-79+. The van der Waals surface area contributed by atoms with Crippen molar-refractivity contribution < 1.29 is 29.4 Å². The SMILES string of the molecule is CC(C)(C)C1=CC(=c2s/c(=c3/sc(=C4C=C(C(C)(C)C)C(=O)C(C(C)(C)C)=C4)c(=C4C=C(C(C)(C)C)C(=O)C(C(C)(C)C)=C4)c3=C3C=C(C(C)(C)C)C(=O)C(C(C)(C)C)=C3)c(-c3cc(C(C)(C)C)c([O])c(C(C)(C)C)c3)c2-c2cc(C(C)(C)C)c(O)c(C(C)(C)C)c2)C=C(C(C)(C)C)C1=O. The van der Waals surface area contributed by atoms with Crippen LogP contribution in [0.25, 0.3) is 44.5 Å². The molecule has 4 aromatic rings. The average molecular weight is 1390 g/mol. The van der Waals surface area contributed by atoms with E-state index in [1.54, 1.807) is 22.7 Å². The van der Waals surface area contributed by atoms with Crippen LogP contribution in [0.15, 0.2) is 117 Å². The first-order valence-electron chi connectivity index (χ1n) is 36.2. The molecule has 8 heteroatoms. The minimum atomic E-state index is -0.624. The molecule has 537 valence electrons. The van der Waals surface area contributed by atoms with Gasteiger partial charge in [-0.1, -0.05) is 249 Å². The Balaban J connectivity index is 2.10. The third kappa shape index (κ3) is 15.3. The summed E-state index contributed by atoms with van der Waals surface area (Å²) in [7, 11) is 0. The largest absolute Gasteiger partial charge is 0.507 e. The number of hydrogen-bond donors (Lipinski definition) is 1. The molecule has 4 aliphatic rings. The van der Waals surface area contributed by atoms with Crippen molar-refractivity contribution in [2.45, 2.75) is 271 Å². The molecule has 0 saturated heterocycles. The van der Waals surface area contributed by atoms with Crippen molar-refractivity contribution in [2.24, 2.45) is 43.3 Å². The number of carbonyl (C=O) groups excluding carboxylic acids is 4. The van der Waals surface area contributed by atoms with Crippen molar-refractivity contribution >= 4 is 68.1 Å². The fraction of sp³-hybridized carbons (Fsp3) is 0.522. The summed E-state index contributed by atoms with van der Waals surface area (Å²) in [5.41, 5.74) is 8.05. The average Bonchev–Trinajstić information content (AvgIpc) is 1.53. The summed E-state index contributed by atoms with van der Waals surface area (Å²) >= 11 is 3.34. The van der Waals surface area contributed by atoms with Crippen LogP contribution in [0, 0.1) is 52.4 Å². The van der Waals surface area contributed by atoms with Crippen molar-refractivity contribution in [3.05, 3.63) is 168 Å². The van der Waals surface area contributed by atoms with Gasteiger partial charge < -0.3 is 5.11 Å². The van der Waals surface area contributed by atoms with E-state index in [-0.39, 0.29) is 34.6 Å². The monoisotopic (exact) mass is 1390 g/mol. The lowest BCUT2D eigenvalue weighted by molar-refractivity contribution is -0.114. The number of phenolic OH excluding ortho intramolecular Hbond substituents is 1. The maximum absolute atomic E-state index is 15.6. The zero-order valence-electron chi connectivity index (χ0n) is 68.2. The van der Waals surface area contributed by atoms with Crippen LogP contribution in [0.2, 0.25) is 0 Å². The zero-order chi connectivity index (χ0) is 76.4. The number of thiophene rings is 2. The summed E-state index contributed by atoms with van der Waals surface area (Å²) < 4.78 is 3.56. The first kappa shape index (κ1) is 79.2. The van der Waals surface area contributed by atoms with Gasteiger partial charge in [0.25, 0.3) is 0 Å². The van der Waals surface area contributed by atoms with E-state index in [1.165, 1.54) is 0 Å². The summed E-state index contributed by atoms with van der Waals surface area (Å²) in [5, 5.41) is 30.2. The molecule has 0 spiro atoms. The summed E-state index contributed by atoms with van der Waals surface area (Å²) in [6, 6.07) is 8.64. The highest BCUT2D eigenvalue weighted by molar-refractivity contribution is 7.12. The Morgan fingerprint density at radius 2 is 0.450 bits per heavy atom. The number of benzene rings is 2. The lowest BCUT2D eigenvalue weighted by atomic mass is 9.71. The molecule has 2 aromatic heterocycles. The van der Waals surface area contributed by atoms with Crippen molar-refractivity contribution in [1.82, 2.24) is 0 Å². The molecule has 100 heavy (non-hydrogen) atoms. The van der Waals surface area contributed by atoms with Gasteiger partial charge in [0.05, 0.1) is 9.06 Å². The molecule has 1 radical (unpaired) electrons. The molecule has 8 rings (SSSR count). The zero-order valence-corrected chi connectivity index (χ0v) is 69.9. The third-order valence-corrected chi connectivity index (χ3v) is 22.6. The van der Waals surface area contributed by atoms with Crippen LogP contribution in [0.5, 0.6) is 11.5 Å². The van der Waals surface area contributed by atoms with Gasteiger partial charge in [-0.25, -0.2) is 0 Å². The van der Waals surface area contributed by atoms with Gasteiger partial charge in [0.1, 0.15) is 5.75 Å². The molecule has 2 heterocycles. The predicted octanol–water partition coefficient (Wildman–Crippen LogP) is 22.2. The predicted molar refractivity (Wildman–Crippen MR) is 426 cm³/mol. The highest BCUT2D eigenvalue weighted by atomic mass is 32.1. The molecule has 4 aliphatic carbocycles. The first-order chi connectivity index (χ1) is 44.7. The third-order valence-electron chi connectivity index (χ3n) is 20.0. The van der Waals surface area contributed by atoms with Gasteiger partial charge in [-0.05, 0) is 171 Å². The van der Waals surface area contributed by atoms with Crippen LogP contribution in [0.3, 0.4) is 0 Å². The Morgan fingerprint density at radius 3 is 0.690 bits per heavy atom. The number of carbonyl (C=O) groups is 4. The maximum Gasteiger partial charge on any atom is 0.186 e. The number of phenols is 1. The maximum atomic E-state index is 15.6. The Hall–Kier alpha value is -6.48. The molecule has 0 saturated carbocycles. The Morgan fingerprint density at radius 1 is 0.250 bits per heavy atom. The second kappa shape index (κ2) is 25.2. The van der Waals surface area contributed by atoms with Crippen LogP contribution in [0.4, 0.5) is 0 Å². The quantitative estimate of drug-likeness (QED) is 0.215. The van der Waals surface area contributed by atoms with E-state index in [2.05, 4.69) is 322 Å². The number of ketones is 4. The normalized spacial score (nSPS) is 17.7. The second-order valence-corrected chi connectivity index (χ2v) is 43.5. The van der Waals surface area contributed by atoms with Crippen LogP contribution in [0.1, 0.15) is 272 Å². The van der Waals surface area contributed by atoms with Crippen LogP contribution in [-0.2, 0) is 45.9 Å². The van der Waals surface area contributed by atoms with Crippen molar-refractivity contribution in [3.8, 4) is 33.8 Å². The Labute approximate surface area is 609 Å². The van der Waals surface area contributed by atoms with E-state index in [9.17, 15) is 5.11 Å². The molecule has 0 aliphatic heterocycles. The molecule has 0 amide bonds. The molecule has 2 aromatic carbocycles. The summed E-state index contributed by atoms with van der Waals surface area (Å²) in [5.74, 6) is 0.238. The van der Waals surface area contributed by atoms with E-state index < -0.39 is 65.0 Å². The topological polar surface area (TPSA) is 108 Å². The second-order valence-electron chi connectivity index (χ2n) is 41.4. The molecular weight excluding hydrogens is 1270 g/mol. The molecular formula is C92H121O6S2. The summed E-state index contributed by atoms with van der Waals surface area (Å²) in [4.78, 5) is 61.8. The number of Topliss-reactive ketones (excluding diaryl/α,β-unsaturated/α-hetero) is 4. The summed E-state index contributed by atoms with van der Waals surface area (Å²) in [6.45, 7) is 76.2. The molecule has 0 atom stereocenters. The summed E-state index contributed by atoms with van der Waals surface area (Å²) in [6.07, 6.45) is 17.0. The fourth-order valence-electron chi connectivity index (χ4n) is 14.0. The van der Waals surface area contributed by atoms with E-state index in [4.69, 9.17) is 0 Å². The van der Waals surface area contributed by atoms with E-state index in [0.29, 0.717) is 55.7 Å². The minimum Gasteiger partial charge on any atom is -0.507 e. The van der Waals surface area contributed by atoms with E-state index >= 15 is 24.3 Å². The van der Waals surface area contributed by atoms with Crippen LogP contribution >= 0.6 is 22.7 Å². The lowest BCUT2D eigenvalue weighted by Crippen LogP contribution is -2.40. The van der Waals surface area contributed by atoms with Crippen molar-refractivity contribution in [1.29, 1.82) is 0 Å². The first-order valence-corrected chi connectivity index (χ1v) is 37.9. The van der Waals surface area contributed by atoms with Gasteiger partial charge in [-0.2, -0.15) is 0 Å². The Bertz CT molecular complexity index is 4620.